The van der Waals surface area contributed by atoms with E-state index in [1.54, 1.807) is 6.07 Å². The number of halogens is 2. The molecule has 0 aliphatic carbocycles. The zero-order valence-corrected chi connectivity index (χ0v) is 21.3. The quantitative estimate of drug-likeness (QED) is 0.253. The van der Waals surface area contributed by atoms with Crippen molar-refractivity contribution in [3.8, 4) is 5.75 Å². The lowest BCUT2D eigenvalue weighted by molar-refractivity contribution is -0.113. The van der Waals surface area contributed by atoms with Gasteiger partial charge in [-0.15, -0.1) is 10.2 Å². The van der Waals surface area contributed by atoms with Gasteiger partial charge in [0.15, 0.2) is 11.0 Å². The molecule has 9 heteroatoms. The van der Waals surface area contributed by atoms with Gasteiger partial charge in [-0.1, -0.05) is 49.3 Å². The Morgan fingerprint density at radius 2 is 2.03 bits per heavy atom. The SMILES string of the molecule is CCn1c(COc2ccccc2Cl)nnc1SCC(=O)Nc1ccc(I)cc1C(C)C. The average Bonchev–Trinajstić information content (AvgIpc) is 3.14. The fourth-order valence-corrected chi connectivity index (χ4v) is 4.52. The van der Waals surface area contributed by atoms with Gasteiger partial charge in [0.05, 0.1) is 10.8 Å². The third-order valence-electron chi connectivity index (χ3n) is 4.55. The summed E-state index contributed by atoms with van der Waals surface area (Å²) >= 11 is 9.78. The van der Waals surface area contributed by atoms with Crippen LogP contribution in [-0.4, -0.2) is 26.4 Å². The molecule has 6 nitrogen and oxygen atoms in total. The first-order valence-corrected chi connectivity index (χ1v) is 12.3. The van der Waals surface area contributed by atoms with Crippen molar-refractivity contribution in [1.29, 1.82) is 0 Å². The molecule has 3 rings (SSSR count). The molecule has 0 saturated carbocycles. The van der Waals surface area contributed by atoms with Crippen LogP contribution in [0.4, 0.5) is 5.69 Å². The number of hydrogen-bond acceptors (Lipinski definition) is 5. The lowest BCUT2D eigenvalue weighted by Gasteiger charge is -2.14. The number of thioether (sulfide) groups is 1. The summed E-state index contributed by atoms with van der Waals surface area (Å²) in [6.45, 7) is 7.16. The van der Waals surface area contributed by atoms with Crippen LogP contribution >= 0.6 is 46.0 Å². The highest BCUT2D eigenvalue weighted by atomic mass is 127. The maximum atomic E-state index is 12.6. The van der Waals surface area contributed by atoms with E-state index in [0.717, 1.165) is 14.8 Å². The number of carbonyl (C=O) groups excluding carboxylic acids is 1. The second-order valence-corrected chi connectivity index (χ2v) is 9.68. The van der Waals surface area contributed by atoms with Crippen LogP contribution in [0.15, 0.2) is 47.6 Å². The van der Waals surface area contributed by atoms with Crippen molar-refractivity contribution in [3.63, 3.8) is 0 Å². The highest BCUT2D eigenvalue weighted by Crippen LogP contribution is 2.27. The largest absolute Gasteiger partial charge is 0.484 e. The summed E-state index contributed by atoms with van der Waals surface area (Å²) in [5, 5.41) is 12.7. The van der Waals surface area contributed by atoms with E-state index in [4.69, 9.17) is 16.3 Å². The zero-order chi connectivity index (χ0) is 22.4. The Labute approximate surface area is 205 Å². The predicted octanol–water partition coefficient (Wildman–Crippen LogP) is 5.99. The smallest absolute Gasteiger partial charge is 0.234 e. The minimum absolute atomic E-state index is 0.0763. The predicted molar refractivity (Wildman–Crippen MR) is 134 cm³/mol. The second kappa shape index (κ2) is 11.2. The molecular formula is C22H24ClIN4O2S. The number of anilines is 1. The Morgan fingerprint density at radius 1 is 1.26 bits per heavy atom. The summed E-state index contributed by atoms with van der Waals surface area (Å²) in [6, 6.07) is 13.4. The van der Waals surface area contributed by atoms with E-state index in [2.05, 4.69) is 58.0 Å². The van der Waals surface area contributed by atoms with Gasteiger partial charge in [-0.3, -0.25) is 4.79 Å². The summed E-state index contributed by atoms with van der Waals surface area (Å²) in [4.78, 5) is 12.6. The van der Waals surface area contributed by atoms with E-state index in [1.807, 2.05) is 41.8 Å². The Hall–Kier alpha value is -1.78. The molecule has 0 fully saturated rings. The molecule has 0 saturated heterocycles. The van der Waals surface area contributed by atoms with Gasteiger partial charge in [0.1, 0.15) is 12.4 Å². The number of rotatable bonds is 9. The normalized spacial score (nSPS) is 11.0. The molecule has 0 aliphatic heterocycles. The monoisotopic (exact) mass is 570 g/mol. The number of aromatic nitrogens is 3. The number of para-hydroxylation sites is 1. The lowest BCUT2D eigenvalue weighted by Crippen LogP contribution is -2.16. The van der Waals surface area contributed by atoms with Gasteiger partial charge in [-0.25, -0.2) is 0 Å². The highest BCUT2D eigenvalue weighted by molar-refractivity contribution is 14.1. The van der Waals surface area contributed by atoms with E-state index in [0.29, 0.717) is 34.2 Å². The number of nitrogens with one attached hydrogen (secondary N) is 1. The molecule has 0 radical (unpaired) electrons. The standard InChI is InChI=1S/C22H24ClIN4O2S/c1-4-28-20(12-30-19-8-6-5-7-17(19)23)26-27-22(28)31-13-21(29)25-18-10-9-15(24)11-16(18)14(2)3/h5-11,14H,4,12-13H2,1-3H3,(H,25,29). The van der Waals surface area contributed by atoms with Crippen molar-refractivity contribution in [3.05, 3.63) is 62.4 Å². The minimum atomic E-state index is -0.0763. The molecule has 0 spiro atoms. The molecule has 1 heterocycles. The van der Waals surface area contributed by atoms with E-state index in [1.165, 1.54) is 11.8 Å². The number of carbonyl (C=O) groups is 1. The van der Waals surface area contributed by atoms with E-state index in [9.17, 15) is 4.79 Å². The Bertz CT molecular complexity index is 1060. The molecular weight excluding hydrogens is 547 g/mol. The van der Waals surface area contributed by atoms with Gasteiger partial charge in [0.25, 0.3) is 0 Å². The van der Waals surface area contributed by atoms with Gasteiger partial charge in [-0.2, -0.15) is 0 Å². The maximum Gasteiger partial charge on any atom is 0.234 e. The molecule has 1 aromatic heterocycles. The van der Waals surface area contributed by atoms with Crippen molar-refractivity contribution in [1.82, 2.24) is 14.8 Å². The zero-order valence-electron chi connectivity index (χ0n) is 17.6. The molecule has 0 unspecified atom stereocenters. The number of hydrogen-bond donors (Lipinski definition) is 1. The summed E-state index contributed by atoms with van der Waals surface area (Å²) in [5.74, 6) is 1.77. The number of benzene rings is 2. The molecule has 0 atom stereocenters. The first-order chi connectivity index (χ1) is 14.9. The van der Waals surface area contributed by atoms with Gasteiger partial charge in [0.2, 0.25) is 5.91 Å². The molecule has 1 amide bonds. The Kier molecular flexibility index (Phi) is 8.62. The van der Waals surface area contributed by atoms with Crippen molar-refractivity contribution in [2.24, 2.45) is 0 Å². The van der Waals surface area contributed by atoms with Crippen molar-refractivity contribution < 1.29 is 9.53 Å². The van der Waals surface area contributed by atoms with Crippen LogP contribution in [0.1, 0.15) is 38.1 Å². The summed E-state index contributed by atoms with van der Waals surface area (Å²) < 4.78 is 8.88. The van der Waals surface area contributed by atoms with Crippen LogP contribution in [0.3, 0.4) is 0 Å². The molecule has 164 valence electrons. The molecule has 0 aliphatic rings. The molecule has 1 N–H and O–H groups in total. The van der Waals surface area contributed by atoms with Gasteiger partial charge in [0, 0.05) is 15.8 Å². The fraction of sp³-hybridized carbons (Fsp3) is 0.318. The third kappa shape index (κ3) is 6.36. The molecule has 31 heavy (non-hydrogen) atoms. The van der Waals surface area contributed by atoms with E-state index >= 15 is 0 Å². The maximum absolute atomic E-state index is 12.6. The minimum Gasteiger partial charge on any atom is -0.484 e. The van der Waals surface area contributed by atoms with Crippen molar-refractivity contribution >= 4 is 57.5 Å². The van der Waals surface area contributed by atoms with Crippen LogP contribution < -0.4 is 10.1 Å². The van der Waals surface area contributed by atoms with Gasteiger partial charge in [-0.05, 0) is 71.3 Å². The van der Waals surface area contributed by atoms with E-state index in [-0.39, 0.29) is 18.3 Å². The second-order valence-electron chi connectivity index (χ2n) is 7.09. The number of ether oxygens (including phenoxy) is 1. The number of nitrogens with zero attached hydrogens (tertiary/aromatic N) is 3. The Balaban J connectivity index is 1.62. The molecule has 3 aromatic rings. The van der Waals surface area contributed by atoms with Crippen LogP contribution in [0.2, 0.25) is 5.02 Å². The number of amides is 1. The van der Waals surface area contributed by atoms with Crippen LogP contribution in [0.25, 0.3) is 0 Å². The summed E-state index contributed by atoms with van der Waals surface area (Å²) in [5.41, 5.74) is 1.98. The average molecular weight is 571 g/mol. The highest BCUT2D eigenvalue weighted by Gasteiger charge is 2.15. The van der Waals surface area contributed by atoms with Crippen LogP contribution in [-0.2, 0) is 17.9 Å². The molecule has 0 bridgehead atoms. The first-order valence-electron chi connectivity index (χ1n) is 9.90. The molecule has 2 aromatic carbocycles. The third-order valence-corrected chi connectivity index (χ3v) is 6.50. The van der Waals surface area contributed by atoms with Gasteiger partial charge < -0.3 is 14.6 Å². The van der Waals surface area contributed by atoms with Crippen LogP contribution in [0, 0.1) is 3.57 Å². The fourth-order valence-electron chi connectivity index (χ4n) is 3.00. The lowest BCUT2D eigenvalue weighted by atomic mass is 10.0. The summed E-state index contributed by atoms with van der Waals surface area (Å²) in [7, 11) is 0. The topological polar surface area (TPSA) is 69.0 Å². The van der Waals surface area contributed by atoms with Crippen molar-refractivity contribution in [2.45, 2.75) is 45.0 Å². The van der Waals surface area contributed by atoms with Crippen LogP contribution in [0.5, 0.6) is 5.75 Å². The Morgan fingerprint density at radius 3 is 2.74 bits per heavy atom. The first kappa shape index (κ1) is 23.9. The van der Waals surface area contributed by atoms with Crippen molar-refractivity contribution in [2.75, 3.05) is 11.1 Å². The summed E-state index contributed by atoms with van der Waals surface area (Å²) in [6.07, 6.45) is 0. The van der Waals surface area contributed by atoms with E-state index < -0.39 is 0 Å². The van der Waals surface area contributed by atoms with Gasteiger partial charge >= 0.3 is 0 Å².